The second kappa shape index (κ2) is 10.5. The maximum absolute atomic E-state index is 12.2. The van der Waals surface area contributed by atoms with Gasteiger partial charge in [-0.25, -0.2) is 0 Å². The molecular formula is C21H26Cl2N2O2. The van der Waals surface area contributed by atoms with Crippen LogP contribution in [-0.4, -0.2) is 19.0 Å². The number of aryl methyl sites for hydroxylation is 1. The van der Waals surface area contributed by atoms with Gasteiger partial charge >= 0.3 is 0 Å². The van der Waals surface area contributed by atoms with Gasteiger partial charge in [0.2, 0.25) is 5.91 Å². The van der Waals surface area contributed by atoms with Crippen molar-refractivity contribution < 1.29 is 9.53 Å². The van der Waals surface area contributed by atoms with Crippen molar-refractivity contribution in [1.29, 1.82) is 0 Å². The van der Waals surface area contributed by atoms with E-state index in [9.17, 15) is 4.79 Å². The number of hydrogen-bond donors (Lipinski definition) is 2. The molecule has 0 radical (unpaired) electrons. The minimum Gasteiger partial charge on any atom is -0.489 e. The van der Waals surface area contributed by atoms with Crippen LogP contribution in [0.4, 0.5) is 5.69 Å². The average Bonchev–Trinajstić information content (AvgIpc) is 3.14. The molecule has 0 saturated carbocycles. The Morgan fingerprint density at radius 3 is 2.85 bits per heavy atom. The number of carbonyl (C=O) groups excluding carboxylic acids is 1. The molecule has 0 aromatic heterocycles. The molecule has 2 aromatic carbocycles. The van der Waals surface area contributed by atoms with Crippen molar-refractivity contribution >= 4 is 35.6 Å². The van der Waals surface area contributed by atoms with Gasteiger partial charge in [0.05, 0.1) is 0 Å². The van der Waals surface area contributed by atoms with Crippen LogP contribution in [0.3, 0.4) is 0 Å². The molecule has 1 atom stereocenters. The van der Waals surface area contributed by atoms with Gasteiger partial charge in [0.1, 0.15) is 12.4 Å². The topological polar surface area (TPSA) is 50.4 Å². The van der Waals surface area contributed by atoms with Crippen molar-refractivity contribution in [2.45, 2.75) is 32.8 Å². The maximum Gasteiger partial charge on any atom is 0.224 e. The molecular weight excluding hydrogens is 383 g/mol. The van der Waals surface area contributed by atoms with Gasteiger partial charge in [-0.1, -0.05) is 23.7 Å². The number of anilines is 1. The second-order valence-corrected chi connectivity index (χ2v) is 7.28. The van der Waals surface area contributed by atoms with Gasteiger partial charge in [-0.2, -0.15) is 0 Å². The highest BCUT2D eigenvalue weighted by atomic mass is 35.5. The van der Waals surface area contributed by atoms with E-state index in [0.717, 1.165) is 42.1 Å². The van der Waals surface area contributed by atoms with Crippen molar-refractivity contribution in [1.82, 2.24) is 5.32 Å². The molecule has 3 rings (SSSR count). The number of ether oxygens (including phenoxy) is 1. The first-order valence-corrected chi connectivity index (χ1v) is 9.46. The first kappa shape index (κ1) is 21.5. The van der Waals surface area contributed by atoms with E-state index >= 15 is 0 Å². The average molecular weight is 409 g/mol. The molecule has 0 spiro atoms. The molecule has 0 aliphatic carbocycles. The fraction of sp³-hybridized carbons (Fsp3) is 0.381. The predicted octanol–water partition coefficient (Wildman–Crippen LogP) is 4.98. The van der Waals surface area contributed by atoms with Gasteiger partial charge in [-0.05, 0) is 80.2 Å². The van der Waals surface area contributed by atoms with Crippen LogP contribution in [0, 0.1) is 12.8 Å². The summed E-state index contributed by atoms with van der Waals surface area (Å²) >= 11 is 5.99. The molecule has 146 valence electrons. The number of amides is 1. The third kappa shape index (κ3) is 6.73. The largest absolute Gasteiger partial charge is 0.489 e. The Balaban J connectivity index is 0.00000261. The van der Waals surface area contributed by atoms with Gasteiger partial charge in [0.15, 0.2) is 0 Å². The molecule has 1 unspecified atom stereocenters. The monoisotopic (exact) mass is 408 g/mol. The molecule has 4 nitrogen and oxygen atoms in total. The first-order valence-electron chi connectivity index (χ1n) is 9.08. The lowest BCUT2D eigenvalue weighted by Crippen LogP contribution is -2.15. The highest BCUT2D eigenvalue weighted by Gasteiger charge is 2.16. The summed E-state index contributed by atoms with van der Waals surface area (Å²) in [7, 11) is 0. The van der Waals surface area contributed by atoms with Crippen LogP contribution in [0.5, 0.6) is 5.75 Å². The highest BCUT2D eigenvalue weighted by molar-refractivity contribution is 6.30. The third-order valence-electron chi connectivity index (χ3n) is 4.71. The van der Waals surface area contributed by atoms with E-state index < -0.39 is 0 Å². The summed E-state index contributed by atoms with van der Waals surface area (Å²) in [4.78, 5) is 12.2. The Morgan fingerprint density at radius 2 is 2.15 bits per heavy atom. The van der Waals surface area contributed by atoms with Crippen LogP contribution in [0.2, 0.25) is 5.02 Å². The summed E-state index contributed by atoms with van der Waals surface area (Å²) in [6, 6.07) is 13.4. The summed E-state index contributed by atoms with van der Waals surface area (Å²) in [5, 5.41) is 7.05. The lowest BCUT2D eigenvalue weighted by atomic mass is 10.0. The standard InChI is InChI=1S/C21H25ClN2O2.ClH/c1-15-11-19(26-14-17-3-2-4-18(22)12-17)6-7-20(15)24-21(25)8-5-16-9-10-23-13-16;/h2-4,6-7,11-12,16,23H,5,8-10,13-14H2,1H3,(H,24,25);1H. The fourth-order valence-electron chi connectivity index (χ4n) is 3.17. The van der Waals surface area contributed by atoms with Crippen molar-refractivity contribution in [3.8, 4) is 5.75 Å². The minimum atomic E-state index is 0. The van der Waals surface area contributed by atoms with Crippen LogP contribution < -0.4 is 15.4 Å². The first-order chi connectivity index (χ1) is 12.6. The maximum atomic E-state index is 12.2. The normalized spacial score (nSPS) is 15.9. The van der Waals surface area contributed by atoms with Crippen molar-refractivity contribution in [2.75, 3.05) is 18.4 Å². The van der Waals surface area contributed by atoms with Crippen molar-refractivity contribution in [2.24, 2.45) is 5.92 Å². The smallest absolute Gasteiger partial charge is 0.224 e. The predicted molar refractivity (Wildman–Crippen MR) is 113 cm³/mol. The van der Waals surface area contributed by atoms with E-state index in [1.807, 2.05) is 49.4 Å². The summed E-state index contributed by atoms with van der Waals surface area (Å²) in [5.74, 6) is 1.48. The van der Waals surface area contributed by atoms with Crippen LogP contribution in [0.1, 0.15) is 30.4 Å². The van der Waals surface area contributed by atoms with Crippen molar-refractivity contribution in [3.05, 3.63) is 58.6 Å². The zero-order valence-electron chi connectivity index (χ0n) is 15.5. The molecule has 2 aromatic rings. The summed E-state index contributed by atoms with van der Waals surface area (Å²) in [5.41, 5.74) is 2.85. The Morgan fingerprint density at radius 1 is 1.30 bits per heavy atom. The molecule has 2 N–H and O–H groups in total. The van der Waals surface area contributed by atoms with Gasteiger partial charge in [-0.3, -0.25) is 4.79 Å². The molecule has 1 heterocycles. The highest BCUT2D eigenvalue weighted by Crippen LogP contribution is 2.23. The molecule has 1 fully saturated rings. The quantitative estimate of drug-likeness (QED) is 0.678. The molecule has 6 heteroatoms. The number of benzene rings is 2. The Labute approximate surface area is 172 Å². The molecule has 1 aliphatic heterocycles. The number of carbonyl (C=O) groups is 1. The Hall–Kier alpha value is -1.75. The van der Waals surface area contributed by atoms with Crippen LogP contribution in [0.15, 0.2) is 42.5 Å². The lowest BCUT2D eigenvalue weighted by molar-refractivity contribution is -0.116. The summed E-state index contributed by atoms with van der Waals surface area (Å²) in [6.07, 6.45) is 2.68. The van der Waals surface area contributed by atoms with E-state index in [-0.39, 0.29) is 18.3 Å². The summed E-state index contributed by atoms with van der Waals surface area (Å²) in [6.45, 7) is 4.54. The fourth-order valence-corrected chi connectivity index (χ4v) is 3.38. The van der Waals surface area contributed by atoms with Crippen LogP contribution >= 0.6 is 24.0 Å². The van der Waals surface area contributed by atoms with Gasteiger partial charge < -0.3 is 15.4 Å². The summed E-state index contributed by atoms with van der Waals surface area (Å²) < 4.78 is 5.82. The van der Waals surface area contributed by atoms with E-state index in [2.05, 4.69) is 10.6 Å². The number of hydrogen-bond acceptors (Lipinski definition) is 3. The Kier molecular flexibility index (Phi) is 8.42. The Bertz CT molecular complexity index is 762. The van der Waals surface area contributed by atoms with E-state index in [1.165, 1.54) is 6.42 Å². The van der Waals surface area contributed by atoms with Gasteiger partial charge in [-0.15, -0.1) is 12.4 Å². The SMILES string of the molecule is Cc1cc(OCc2cccc(Cl)c2)ccc1NC(=O)CCC1CCNC1.Cl. The molecule has 1 aliphatic rings. The number of halogens is 2. The third-order valence-corrected chi connectivity index (χ3v) is 4.94. The van der Waals surface area contributed by atoms with Gasteiger partial charge in [0.25, 0.3) is 0 Å². The van der Waals surface area contributed by atoms with Crippen molar-refractivity contribution in [3.63, 3.8) is 0 Å². The molecule has 1 amide bonds. The molecule has 1 saturated heterocycles. The van der Waals surface area contributed by atoms with Crippen LogP contribution in [-0.2, 0) is 11.4 Å². The van der Waals surface area contributed by atoms with Gasteiger partial charge in [0, 0.05) is 17.1 Å². The zero-order chi connectivity index (χ0) is 18.4. The molecule has 27 heavy (non-hydrogen) atoms. The lowest BCUT2D eigenvalue weighted by Gasteiger charge is -2.12. The van der Waals surface area contributed by atoms with Crippen LogP contribution in [0.25, 0.3) is 0 Å². The zero-order valence-corrected chi connectivity index (χ0v) is 17.0. The number of rotatable bonds is 7. The number of nitrogens with one attached hydrogen (secondary N) is 2. The molecule has 0 bridgehead atoms. The van der Waals surface area contributed by atoms with E-state index in [4.69, 9.17) is 16.3 Å². The second-order valence-electron chi connectivity index (χ2n) is 6.84. The van der Waals surface area contributed by atoms with E-state index in [1.54, 1.807) is 0 Å². The minimum absolute atomic E-state index is 0. The van der Waals surface area contributed by atoms with E-state index in [0.29, 0.717) is 24.0 Å².